The largest absolute Gasteiger partial charge is 0.424 e. The Morgan fingerprint density at radius 2 is 2.18 bits per heavy atom. The molecule has 0 aliphatic carbocycles. The van der Waals surface area contributed by atoms with E-state index in [-0.39, 0.29) is 0 Å². The molecule has 1 aromatic rings. The molecular weight excluding hydrogens is 162 g/mol. The predicted octanol–water partition coefficient (Wildman–Crippen LogP) is 0.434. The number of thioether (sulfide) groups is 1. The smallest absolute Gasteiger partial charge is 0.226 e. The number of hydrogen-bond donors (Lipinski definition) is 1. The van der Waals surface area contributed by atoms with Crippen molar-refractivity contribution in [3.05, 3.63) is 11.8 Å². The first-order valence-corrected chi connectivity index (χ1v) is 4.76. The fraction of sp³-hybridized carbons (Fsp3) is 0.667. The summed E-state index contributed by atoms with van der Waals surface area (Å²) in [4.78, 5) is 0. The highest BCUT2D eigenvalue weighted by molar-refractivity contribution is 7.97. The predicted molar refractivity (Wildman–Crippen MR) is 44.3 cm³/mol. The van der Waals surface area contributed by atoms with Crippen LogP contribution in [0.15, 0.2) is 4.42 Å². The molecule has 0 radical (unpaired) electrons. The van der Waals surface area contributed by atoms with E-state index in [0.717, 1.165) is 5.75 Å². The van der Waals surface area contributed by atoms with E-state index in [0.29, 0.717) is 24.7 Å². The third-order valence-electron chi connectivity index (χ3n) is 1.13. The Bertz CT molecular complexity index is 193. The lowest BCUT2D eigenvalue weighted by Crippen LogP contribution is -2.02. The highest BCUT2D eigenvalue weighted by atomic mass is 32.2. The summed E-state index contributed by atoms with van der Waals surface area (Å²) in [5, 5.41) is 7.65. The van der Waals surface area contributed by atoms with Gasteiger partial charge < -0.3 is 10.2 Å². The van der Waals surface area contributed by atoms with Crippen LogP contribution in [-0.2, 0) is 12.2 Å². The van der Waals surface area contributed by atoms with Crippen molar-refractivity contribution in [3.63, 3.8) is 0 Å². The molecule has 0 fully saturated rings. The van der Waals surface area contributed by atoms with Gasteiger partial charge in [-0.15, -0.1) is 10.2 Å². The van der Waals surface area contributed by atoms with Crippen LogP contribution in [0.4, 0.5) is 0 Å². The Labute approximate surface area is 69.6 Å². The van der Waals surface area contributed by atoms with Crippen molar-refractivity contribution in [2.45, 2.75) is 12.2 Å². The van der Waals surface area contributed by atoms with Crippen molar-refractivity contribution in [2.75, 3.05) is 12.8 Å². The summed E-state index contributed by atoms with van der Waals surface area (Å²) in [6.45, 7) is 0.556. The van der Waals surface area contributed by atoms with Crippen LogP contribution in [0.2, 0.25) is 0 Å². The van der Waals surface area contributed by atoms with Crippen molar-refractivity contribution in [3.8, 4) is 0 Å². The summed E-state index contributed by atoms with van der Waals surface area (Å²) in [5.74, 6) is 2.09. The van der Waals surface area contributed by atoms with Crippen LogP contribution in [0.3, 0.4) is 0 Å². The lowest BCUT2D eigenvalue weighted by Gasteiger charge is -1.87. The molecule has 0 bridgehead atoms. The Morgan fingerprint density at radius 3 is 2.82 bits per heavy atom. The van der Waals surface area contributed by atoms with Crippen LogP contribution < -0.4 is 5.73 Å². The first-order chi connectivity index (χ1) is 5.36. The van der Waals surface area contributed by atoms with Gasteiger partial charge in [0.2, 0.25) is 11.8 Å². The van der Waals surface area contributed by atoms with Gasteiger partial charge in [0.25, 0.3) is 0 Å². The Kier molecular flexibility index (Phi) is 3.38. The maximum absolute atomic E-state index is 5.31. The summed E-state index contributed by atoms with van der Waals surface area (Å²) in [6, 6.07) is 0. The molecule has 62 valence electrons. The Hall–Kier alpha value is -0.550. The highest BCUT2D eigenvalue weighted by Gasteiger charge is 2.02. The topological polar surface area (TPSA) is 64.9 Å². The van der Waals surface area contributed by atoms with E-state index < -0.39 is 0 Å². The van der Waals surface area contributed by atoms with Crippen molar-refractivity contribution in [1.82, 2.24) is 10.2 Å². The van der Waals surface area contributed by atoms with Crippen LogP contribution in [0.5, 0.6) is 0 Å². The second-order valence-electron chi connectivity index (χ2n) is 2.06. The van der Waals surface area contributed by atoms with Gasteiger partial charge in [0.05, 0.1) is 5.75 Å². The van der Waals surface area contributed by atoms with Crippen LogP contribution in [0.1, 0.15) is 11.8 Å². The Balaban J connectivity index is 2.51. The molecule has 0 aliphatic rings. The second kappa shape index (κ2) is 4.35. The van der Waals surface area contributed by atoms with E-state index in [4.69, 9.17) is 10.2 Å². The van der Waals surface area contributed by atoms with Gasteiger partial charge in [-0.1, -0.05) is 0 Å². The molecule has 1 heterocycles. The number of nitrogens with two attached hydrogens (primary N) is 1. The number of aromatic nitrogens is 2. The highest BCUT2D eigenvalue weighted by Crippen LogP contribution is 2.07. The van der Waals surface area contributed by atoms with Gasteiger partial charge in [-0.3, -0.25) is 0 Å². The lowest BCUT2D eigenvalue weighted by molar-refractivity contribution is 0.466. The molecule has 0 saturated carbocycles. The standard InChI is InChI=1S/C6H11N3OS/c1-11-4-6-9-8-5(10-6)2-3-7/h2-4,7H2,1H3. The third kappa shape index (κ3) is 2.51. The SMILES string of the molecule is CSCc1nnc(CCN)o1. The number of rotatable bonds is 4. The Morgan fingerprint density at radius 1 is 1.45 bits per heavy atom. The maximum atomic E-state index is 5.31. The molecule has 0 amide bonds. The summed E-state index contributed by atoms with van der Waals surface area (Å²) >= 11 is 1.66. The minimum absolute atomic E-state index is 0.556. The van der Waals surface area contributed by atoms with Crippen molar-refractivity contribution >= 4 is 11.8 Å². The number of hydrogen-bond acceptors (Lipinski definition) is 5. The molecule has 5 heteroatoms. The molecule has 0 spiro atoms. The van der Waals surface area contributed by atoms with E-state index in [1.807, 2.05) is 6.26 Å². The summed E-state index contributed by atoms with van der Waals surface area (Å²) in [7, 11) is 0. The lowest BCUT2D eigenvalue weighted by atomic mass is 10.4. The first-order valence-electron chi connectivity index (χ1n) is 3.37. The first kappa shape index (κ1) is 8.55. The summed E-state index contributed by atoms with van der Waals surface area (Å²) in [5.41, 5.74) is 5.31. The summed E-state index contributed by atoms with van der Waals surface area (Å²) < 4.78 is 5.24. The quantitative estimate of drug-likeness (QED) is 0.715. The van der Waals surface area contributed by atoms with E-state index >= 15 is 0 Å². The fourth-order valence-corrected chi connectivity index (χ4v) is 1.06. The fourth-order valence-electron chi connectivity index (χ4n) is 0.695. The van der Waals surface area contributed by atoms with Crippen LogP contribution >= 0.6 is 11.8 Å². The molecule has 0 saturated heterocycles. The van der Waals surface area contributed by atoms with Crippen LogP contribution in [-0.4, -0.2) is 23.0 Å². The van der Waals surface area contributed by atoms with Crippen molar-refractivity contribution in [2.24, 2.45) is 5.73 Å². The van der Waals surface area contributed by atoms with E-state index in [9.17, 15) is 0 Å². The molecule has 11 heavy (non-hydrogen) atoms. The molecule has 0 atom stereocenters. The normalized spacial score (nSPS) is 10.4. The average Bonchev–Trinajstić information content (AvgIpc) is 2.38. The molecule has 1 aromatic heterocycles. The van der Waals surface area contributed by atoms with Crippen molar-refractivity contribution in [1.29, 1.82) is 0 Å². The number of nitrogens with zero attached hydrogens (tertiary/aromatic N) is 2. The molecule has 0 aliphatic heterocycles. The molecule has 0 unspecified atom stereocenters. The van der Waals surface area contributed by atoms with E-state index in [1.165, 1.54) is 0 Å². The van der Waals surface area contributed by atoms with Gasteiger partial charge in [0.1, 0.15) is 0 Å². The molecule has 2 N–H and O–H groups in total. The zero-order valence-corrected chi connectivity index (χ0v) is 7.23. The minimum Gasteiger partial charge on any atom is -0.424 e. The van der Waals surface area contributed by atoms with Crippen molar-refractivity contribution < 1.29 is 4.42 Å². The van der Waals surface area contributed by atoms with Crippen LogP contribution in [0.25, 0.3) is 0 Å². The maximum Gasteiger partial charge on any atom is 0.226 e. The molecular formula is C6H11N3OS. The van der Waals surface area contributed by atoms with Gasteiger partial charge in [-0.25, -0.2) is 0 Å². The zero-order chi connectivity index (χ0) is 8.10. The van der Waals surface area contributed by atoms with Gasteiger partial charge in [-0.05, 0) is 6.26 Å². The van der Waals surface area contributed by atoms with E-state index in [2.05, 4.69) is 10.2 Å². The minimum atomic E-state index is 0.556. The van der Waals surface area contributed by atoms with Gasteiger partial charge >= 0.3 is 0 Å². The molecule has 1 rings (SSSR count). The van der Waals surface area contributed by atoms with Gasteiger partial charge in [-0.2, -0.15) is 11.8 Å². The molecule has 4 nitrogen and oxygen atoms in total. The second-order valence-corrected chi connectivity index (χ2v) is 2.93. The van der Waals surface area contributed by atoms with E-state index in [1.54, 1.807) is 11.8 Å². The van der Waals surface area contributed by atoms with Crippen LogP contribution in [0, 0.1) is 0 Å². The van der Waals surface area contributed by atoms with Gasteiger partial charge in [0.15, 0.2) is 0 Å². The summed E-state index contributed by atoms with van der Waals surface area (Å²) in [6.07, 6.45) is 2.66. The monoisotopic (exact) mass is 173 g/mol. The average molecular weight is 173 g/mol. The zero-order valence-electron chi connectivity index (χ0n) is 6.41. The third-order valence-corrected chi connectivity index (χ3v) is 1.67. The molecule has 0 aromatic carbocycles. The van der Waals surface area contributed by atoms with Gasteiger partial charge in [0, 0.05) is 13.0 Å².